The number of nitrogens with zero attached hydrogens (tertiary/aromatic N) is 6. The number of benzene rings is 1. The number of aliphatic hydroxyl groups is 1. The summed E-state index contributed by atoms with van der Waals surface area (Å²) in [5.74, 6) is -0.265. The molecule has 248 valence electrons. The lowest BCUT2D eigenvalue weighted by Gasteiger charge is -2.31. The molecule has 6 rings (SSSR count). The van der Waals surface area contributed by atoms with Crippen LogP contribution in [0.2, 0.25) is 0 Å². The number of thiophene rings is 1. The minimum atomic E-state index is -1.45. The van der Waals surface area contributed by atoms with Crippen molar-refractivity contribution in [1.82, 2.24) is 29.0 Å². The maximum Gasteiger partial charge on any atom is 0.333 e. The molecule has 5 heterocycles. The van der Waals surface area contributed by atoms with Crippen LogP contribution in [0.3, 0.4) is 0 Å². The van der Waals surface area contributed by atoms with Gasteiger partial charge in [0.1, 0.15) is 26.9 Å². The summed E-state index contributed by atoms with van der Waals surface area (Å²) in [6.45, 7) is 7.37. The number of ether oxygens (including phenoxy) is 2. The summed E-state index contributed by atoms with van der Waals surface area (Å²) in [4.78, 5) is 44.9. The van der Waals surface area contributed by atoms with Gasteiger partial charge in [-0.05, 0) is 63.8 Å². The Labute approximate surface area is 276 Å². The van der Waals surface area contributed by atoms with Crippen LogP contribution in [-0.4, -0.2) is 79.6 Å². The molecule has 1 fully saturated rings. The molecule has 1 saturated heterocycles. The molecule has 2 aliphatic heterocycles. The molecule has 4 aromatic rings. The molecule has 12 nitrogen and oxygen atoms in total. The Kier molecular flexibility index (Phi) is 11.2. The lowest BCUT2D eigenvalue weighted by Crippen LogP contribution is -2.56. The van der Waals surface area contributed by atoms with Crippen molar-refractivity contribution in [2.75, 3.05) is 33.4 Å². The van der Waals surface area contributed by atoms with Crippen LogP contribution in [0.4, 0.5) is 4.39 Å². The van der Waals surface area contributed by atoms with Gasteiger partial charge in [0.15, 0.2) is 0 Å². The molecule has 0 spiro atoms. The van der Waals surface area contributed by atoms with E-state index in [1.165, 1.54) is 58.4 Å². The van der Waals surface area contributed by atoms with Crippen molar-refractivity contribution < 1.29 is 23.8 Å². The predicted octanol–water partition coefficient (Wildman–Crippen LogP) is 2.91. The molecule has 0 unspecified atom stereocenters. The zero-order valence-electron chi connectivity index (χ0n) is 26.2. The van der Waals surface area contributed by atoms with E-state index in [9.17, 15) is 18.8 Å². The molecule has 1 amide bonds. The van der Waals surface area contributed by atoms with Crippen LogP contribution in [-0.2, 0) is 28.0 Å². The third kappa shape index (κ3) is 6.97. The normalized spacial score (nSPS) is 15.0. The fraction of sp³-hybridized carbons (Fsp3) is 0.452. The second-order valence-electron chi connectivity index (χ2n) is 11.4. The first kappa shape index (κ1) is 35.1. The predicted molar refractivity (Wildman–Crippen MR) is 178 cm³/mol. The highest BCUT2D eigenvalue weighted by molar-refractivity contribution is 7.59. The Morgan fingerprint density at radius 2 is 1.80 bits per heavy atom. The summed E-state index contributed by atoms with van der Waals surface area (Å²) in [7, 11) is 1.49. The quantitative estimate of drug-likeness (QED) is 0.296. The number of carbonyl (C=O) groups excluding carboxylic acids is 1. The van der Waals surface area contributed by atoms with Gasteiger partial charge >= 0.3 is 5.69 Å². The summed E-state index contributed by atoms with van der Waals surface area (Å²) in [6, 6.07) is 4.20. The first-order valence-electron chi connectivity index (χ1n) is 14.7. The molecule has 0 aliphatic carbocycles. The van der Waals surface area contributed by atoms with Crippen molar-refractivity contribution in [3.8, 4) is 10.8 Å². The Balaban J connectivity index is 0.000000532. The standard InChI is InChI=1S/C26H27FN6O4S.C5H10O2.H2S/c1-16-20-21(34)32(26(2,3)24(35)30-12-5-6-13-30)25(36)31(23(20)38-22(16)33-28-10-11-29-33)14-9-17-15-18(27)7-8-19(17)37-4;6-5-1-3-7-4-2-5;/h5-8,10-11,15H,9,12-14H2,1-4H3;5-6H,1-4H2;1H2. The van der Waals surface area contributed by atoms with Gasteiger partial charge in [0, 0.05) is 38.4 Å². The molecular formula is C31H39FN6O6S2. The Bertz CT molecular complexity index is 1820. The number of hydrogen-bond donors (Lipinski definition) is 1. The topological polar surface area (TPSA) is 134 Å². The van der Waals surface area contributed by atoms with E-state index >= 15 is 0 Å². The maximum atomic E-state index is 14.0. The van der Waals surface area contributed by atoms with Gasteiger partial charge in [-0.15, -0.1) is 4.80 Å². The SMILES string of the molecule is COc1ccc(F)cc1CCn1c(=O)n(C(C)(C)C(=O)N2CC=CC2)c(=O)c2c(C)c(-n3nccn3)sc21.OC1CCOCC1.S. The molecule has 2 aliphatic rings. The number of halogens is 1. The zero-order chi connectivity index (χ0) is 32.3. The third-order valence-electron chi connectivity index (χ3n) is 8.01. The fourth-order valence-corrected chi connectivity index (χ4v) is 6.76. The van der Waals surface area contributed by atoms with Crippen molar-refractivity contribution >= 4 is 41.0 Å². The molecule has 1 aromatic carbocycles. The minimum absolute atomic E-state index is 0. The summed E-state index contributed by atoms with van der Waals surface area (Å²) in [5.41, 5.74) is -1.45. The average molecular weight is 675 g/mol. The number of hydrogen-bond acceptors (Lipinski definition) is 9. The molecule has 1 N–H and O–H groups in total. The second kappa shape index (κ2) is 14.8. The zero-order valence-corrected chi connectivity index (χ0v) is 28.1. The van der Waals surface area contributed by atoms with Crippen LogP contribution < -0.4 is 16.0 Å². The van der Waals surface area contributed by atoms with E-state index in [1.54, 1.807) is 25.7 Å². The molecular weight excluding hydrogens is 636 g/mol. The monoisotopic (exact) mass is 674 g/mol. The van der Waals surface area contributed by atoms with Crippen molar-refractivity contribution in [3.05, 3.63) is 80.5 Å². The second-order valence-corrected chi connectivity index (χ2v) is 12.4. The Morgan fingerprint density at radius 3 is 2.39 bits per heavy atom. The number of fused-ring (bicyclic) bond motifs is 1. The molecule has 0 saturated carbocycles. The van der Waals surface area contributed by atoms with Crippen LogP contribution in [0, 0.1) is 12.7 Å². The van der Waals surface area contributed by atoms with Crippen LogP contribution in [0.15, 0.2) is 52.3 Å². The number of carbonyl (C=O) groups is 1. The molecule has 0 bridgehead atoms. The van der Waals surface area contributed by atoms with Crippen molar-refractivity contribution in [3.63, 3.8) is 0 Å². The van der Waals surface area contributed by atoms with Gasteiger partial charge in [-0.1, -0.05) is 23.5 Å². The van der Waals surface area contributed by atoms with Gasteiger partial charge in [0.2, 0.25) is 5.91 Å². The first-order chi connectivity index (χ1) is 21.5. The summed E-state index contributed by atoms with van der Waals surface area (Å²) in [5, 5.41) is 18.1. The van der Waals surface area contributed by atoms with Crippen molar-refractivity contribution in [2.45, 2.75) is 58.2 Å². The van der Waals surface area contributed by atoms with Gasteiger partial charge in [-0.2, -0.15) is 23.7 Å². The number of aliphatic hydroxyl groups excluding tert-OH is 1. The minimum Gasteiger partial charge on any atom is -0.496 e. The molecule has 0 radical (unpaired) electrons. The highest BCUT2D eigenvalue weighted by Crippen LogP contribution is 2.31. The van der Waals surface area contributed by atoms with Gasteiger partial charge in [-0.25, -0.2) is 13.8 Å². The van der Waals surface area contributed by atoms with E-state index in [4.69, 9.17) is 14.6 Å². The van der Waals surface area contributed by atoms with Crippen molar-refractivity contribution in [1.29, 1.82) is 0 Å². The van der Waals surface area contributed by atoms with Crippen LogP contribution in [0.1, 0.15) is 37.8 Å². The van der Waals surface area contributed by atoms with E-state index in [0.29, 0.717) is 45.2 Å². The van der Waals surface area contributed by atoms with Gasteiger partial charge in [0.25, 0.3) is 5.56 Å². The van der Waals surface area contributed by atoms with E-state index < -0.39 is 22.6 Å². The third-order valence-corrected chi connectivity index (χ3v) is 9.29. The highest BCUT2D eigenvalue weighted by Gasteiger charge is 2.38. The van der Waals surface area contributed by atoms with E-state index in [1.807, 2.05) is 12.2 Å². The lowest BCUT2D eigenvalue weighted by atomic mass is 10.0. The van der Waals surface area contributed by atoms with Crippen LogP contribution in [0.25, 0.3) is 15.2 Å². The molecule has 46 heavy (non-hydrogen) atoms. The van der Waals surface area contributed by atoms with Gasteiger partial charge in [0.05, 0.1) is 31.0 Å². The maximum absolute atomic E-state index is 14.0. The number of amides is 1. The summed E-state index contributed by atoms with van der Waals surface area (Å²) in [6.07, 6.45) is 8.60. The van der Waals surface area contributed by atoms with E-state index in [2.05, 4.69) is 10.2 Å². The molecule has 0 atom stereocenters. The van der Waals surface area contributed by atoms with E-state index in [-0.39, 0.29) is 38.5 Å². The van der Waals surface area contributed by atoms with Gasteiger partial charge in [-0.3, -0.25) is 14.2 Å². The largest absolute Gasteiger partial charge is 0.496 e. The Morgan fingerprint density at radius 1 is 1.15 bits per heavy atom. The van der Waals surface area contributed by atoms with Gasteiger partial charge < -0.3 is 19.5 Å². The number of aromatic nitrogens is 5. The average Bonchev–Trinajstić information content (AvgIpc) is 3.80. The smallest absolute Gasteiger partial charge is 0.333 e. The fourth-order valence-electron chi connectivity index (χ4n) is 5.52. The van der Waals surface area contributed by atoms with E-state index in [0.717, 1.165) is 30.6 Å². The summed E-state index contributed by atoms with van der Waals surface area (Å²) < 4.78 is 26.9. The number of aryl methyl sites for hydroxylation is 3. The number of methoxy groups -OCH3 is 1. The molecule has 15 heteroatoms. The van der Waals surface area contributed by atoms with Crippen LogP contribution >= 0.6 is 24.8 Å². The summed E-state index contributed by atoms with van der Waals surface area (Å²) >= 11 is 1.21. The molecule has 3 aromatic heterocycles. The first-order valence-corrected chi connectivity index (χ1v) is 15.5. The van der Waals surface area contributed by atoms with Crippen LogP contribution in [0.5, 0.6) is 5.75 Å². The highest BCUT2D eigenvalue weighted by atomic mass is 32.1. The number of rotatable bonds is 7. The lowest BCUT2D eigenvalue weighted by molar-refractivity contribution is -0.138. The van der Waals surface area contributed by atoms with Crippen molar-refractivity contribution in [2.24, 2.45) is 0 Å². The Hall–Kier alpha value is -3.79.